The highest BCUT2D eigenvalue weighted by molar-refractivity contribution is 5.89. The lowest BCUT2D eigenvalue weighted by molar-refractivity contribution is 0.0600. The quantitative estimate of drug-likeness (QED) is 0.472. The lowest BCUT2D eigenvalue weighted by Gasteiger charge is -2.09. The molecule has 0 atom stereocenters. The summed E-state index contributed by atoms with van der Waals surface area (Å²) in [6.07, 6.45) is 4.11. The molecule has 3 rings (SSSR count). The molecule has 0 aliphatic carbocycles. The minimum absolute atomic E-state index is 0.336. The van der Waals surface area contributed by atoms with Gasteiger partial charge in [-0.3, -0.25) is 0 Å². The predicted molar refractivity (Wildman–Crippen MR) is 99.2 cm³/mol. The van der Waals surface area contributed by atoms with Crippen LogP contribution in [0.3, 0.4) is 0 Å². The summed E-state index contributed by atoms with van der Waals surface area (Å²) in [7, 11) is 1.38. The number of rotatable bonds is 7. The van der Waals surface area contributed by atoms with Crippen LogP contribution in [0.1, 0.15) is 29.3 Å². The van der Waals surface area contributed by atoms with Gasteiger partial charge in [0.05, 0.1) is 19.3 Å². The van der Waals surface area contributed by atoms with E-state index in [0.29, 0.717) is 12.2 Å². The molecule has 0 unspecified atom stereocenters. The molecule has 4 heteroatoms. The minimum Gasteiger partial charge on any atom is -0.494 e. The fourth-order valence-electron chi connectivity index (χ4n) is 2.89. The van der Waals surface area contributed by atoms with Crippen LogP contribution in [-0.2, 0) is 17.7 Å². The zero-order valence-electron chi connectivity index (χ0n) is 14.7. The Labute approximate surface area is 148 Å². The van der Waals surface area contributed by atoms with E-state index in [1.807, 2.05) is 0 Å². The van der Waals surface area contributed by atoms with Crippen LogP contribution in [0.2, 0.25) is 0 Å². The predicted octanol–water partition coefficient (Wildman–Crippen LogP) is 4.46. The molecule has 0 spiro atoms. The van der Waals surface area contributed by atoms with Crippen molar-refractivity contribution >= 4 is 16.9 Å². The topological polar surface area (TPSA) is 40.5 Å². The second kappa shape index (κ2) is 7.88. The molecule has 2 aromatic carbocycles. The van der Waals surface area contributed by atoms with Gasteiger partial charge in [-0.2, -0.15) is 0 Å². The molecule has 0 N–H and O–H groups in total. The summed E-state index contributed by atoms with van der Waals surface area (Å²) in [6, 6.07) is 15.8. The second-order valence-electron chi connectivity index (χ2n) is 5.97. The van der Waals surface area contributed by atoms with Crippen molar-refractivity contribution < 1.29 is 14.3 Å². The zero-order valence-corrected chi connectivity index (χ0v) is 14.7. The van der Waals surface area contributed by atoms with Gasteiger partial charge in [0, 0.05) is 18.3 Å². The van der Waals surface area contributed by atoms with Crippen molar-refractivity contribution in [3.63, 3.8) is 0 Å². The maximum absolute atomic E-state index is 11.4. The summed E-state index contributed by atoms with van der Waals surface area (Å²) in [5.41, 5.74) is 3.16. The Kier molecular flexibility index (Phi) is 5.39. The van der Waals surface area contributed by atoms with Gasteiger partial charge in [-0.25, -0.2) is 4.79 Å². The Morgan fingerprint density at radius 2 is 1.88 bits per heavy atom. The normalized spacial score (nSPS) is 10.8. The van der Waals surface area contributed by atoms with E-state index < -0.39 is 0 Å². The molecular weight excluding hydrogens is 314 g/mol. The fourth-order valence-corrected chi connectivity index (χ4v) is 2.89. The average Bonchev–Trinajstić information content (AvgIpc) is 3.07. The molecule has 1 heterocycles. The maximum atomic E-state index is 11.4. The molecule has 0 aliphatic rings. The van der Waals surface area contributed by atoms with Gasteiger partial charge in [0.1, 0.15) is 5.75 Å². The Morgan fingerprint density at radius 1 is 1.08 bits per heavy atom. The molecule has 0 radical (unpaired) electrons. The van der Waals surface area contributed by atoms with Crippen LogP contribution in [0, 0.1) is 0 Å². The van der Waals surface area contributed by atoms with E-state index in [1.54, 1.807) is 24.3 Å². The largest absolute Gasteiger partial charge is 0.494 e. The summed E-state index contributed by atoms with van der Waals surface area (Å²) >= 11 is 0. The van der Waals surface area contributed by atoms with E-state index in [9.17, 15) is 4.79 Å². The number of methoxy groups -OCH3 is 1. The highest BCUT2D eigenvalue weighted by atomic mass is 16.5. The molecule has 0 saturated carbocycles. The molecule has 0 amide bonds. The van der Waals surface area contributed by atoms with Crippen LogP contribution in [0.4, 0.5) is 0 Å². The third-order valence-corrected chi connectivity index (χ3v) is 4.33. The van der Waals surface area contributed by atoms with Gasteiger partial charge in [-0.15, -0.1) is 0 Å². The highest BCUT2D eigenvalue weighted by Gasteiger charge is 2.05. The number of hydrogen-bond acceptors (Lipinski definition) is 3. The third-order valence-electron chi connectivity index (χ3n) is 4.33. The second-order valence-corrected chi connectivity index (χ2v) is 5.97. The third kappa shape index (κ3) is 4.02. The van der Waals surface area contributed by atoms with Gasteiger partial charge >= 0.3 is 5.97 Å². The summed E-state index contributed by atoms with van der Waals surface area (Å²) in [5.74, 6) is 0.426. The van der Waals surface area contributed by atoms with Crippen LogP contribution in [0.15, 0.2) is 54.7 Å². The first-order valence-electron chi connectivity index (χ1n) is 8.60. The number of aromatic nitrogens is 1. The SMILES string of the molecule is CCc1ccc2c(ccn2CCCOc2ccc(C(=O)OC)cc2)c1. The number of hydrogen-bond donors (Lipinski definition) is 0. The van der Waals surface area contributed by atoms with Crippen molar-refractivity contribution in [3.05, 3.63) is 65.9 Å². The van der Waals surface area contributed by atoms with Crippen molar-refractivity contribution in [3.8, 4) is 5.75 Å². The fraction of sp³-hybridized carbons (Fsp3) is 0.286. The molecule has 0 bridgehead atoms. The first-order chi connectivity index (χ1) is 12.2. The number of aryl methyl sites for hydroxylation is 2. The lowest BCUT2D eigenvalue weighted by atomic mass is 10.1. The standard InChI is InChI=1S/C21H23NO3/c1-3-16-5-10-20-18(15-16)11-13-22(20)12-4-14-25-19-8-6-17(7-9-19)21(23)24-2/h5-11,13,15H,3-4,12,14H2,1-2H3. The van der Waals surface area contributed by atoms with Crippen LogP contribution < -0.4 is 4.74 Å². The molecular formula is C21H23NO3. The summed E-state index contributed by atoms with van der Waals surface area (Å²) in [4.78, 5) is 11.4. The molecule has 3 aromatic rings. The van der Waals surface area contributed by atoms with Gasteiger partial charge in [0.25, 0.3) is 0 Å². The van der Waals surface area contributed by atoms with E-state index in [-0.39, 0.29) is 5.97 Å². The molecule has 130 valence electrons. The maximum Gasteiger partial charge on any atom is 0.337 e. The van der Waals surface area contributed by atoms with Crippen LogP contribution in [0.25, 0.3) is 10.9 Å². The van der Waals surface area contributed by atoms with E-state index in [0.717, 1.165) is 25.1 Å². The Bertz CT molecular complexity index is 849. The molecule has 25 heavy (non-hydrogen) atoms. The van der Waals surface area contributed by atoms with Crippen LogP contribution >= 0.6 is 0 Å². The first kappa shape index (κ1) is 17.1. The summed E-state index contributed by atoms with van der Waals surface area (Å²) in [5, 5.41) is 1.29. The van der Waals surface area contributed by atoms with Crippen LogP contribution in [0.5, 0.6) is 5.75 Å². The van der Waals surface area contributed by atoms with Crippen molar-refractivity contribution in [2.45, 2.75) is 26.3 Å². The molecule has 0 fully saturated rings. The van der Waals surface area contributed by atoms with Crippen molar-refractivity contribution in [2.75, 3.05) is 13.7 Å². The molecule has 4 nitrogen and oxygen atoms in total. The monoisotopic (exact) mass is 337 g/mol. The Hall–Kier alpha value is -2.75. The molecule has 1 aromatic heterocycles. The number of carbonyl (C=O) groups is 1. The summed E-state index contributed by atoms with van der Waals surface area (Å²) in [6.45, 7) is 3.71. The number of nitrogens with zero attached hydrogens (tertiary/aromatic N) is 1. The number of fused-ring (bicyclic) bond motifs is 1. The van der Waals surface area contributed by atoms with E-state index in [1.165, 1.54) is 23.6 Å². The molecule has 0 saturated heterocycles. The van der Waals surface area contributed by atoms with E-state index >= 15 is 0 Å². The first-order valence-corrected chi connectivity index (χ1v) is 8.60. The van der Waals surface area contributed by atoms with Crippen molar-refractivity contribution in [1.82, 2.24) is 4.57 Å². The Morgan fingerprint density at radius 3 is 2.60 bits per heavy atom. The lowest BCUT2D eigenvalue weighted by Crippen LogP contribution is -2.04. The zero-order chi connectivity index (χ0) is 17.6. The van der Waals surface area contributed by atoms with Crippen molar-refractivity contribution in [2.24, 2.45) is 0 Å². The van der Waals surface area contributed by atoms with Crippen molar-refractivity contribution in [1.29, 1.82) is 0 Å². The van der Waals surface area contributed by atoms with Gasteiger partial charge in [0.15, 0.2) is 0 Å². The van der Waals surface area contributed by atoms with E-state index in [2.05, 4.69) is 46.7 Å². The number of esters is 1. The number of ether oxygens (including phenoxy) is 2. The van der Waals surface area contributed by atoms with Gasteiger partial charge < -0.3 is 14.0 Å². The molecule has 0 aliphatic heterocycles. The summed E-state index contributed by atoms with van der Waals surface area (Å²) < 4.78 is 12.7. The van der Waals surface area contributed by atoms with Gasteiger partial charge in [-0.05, 0) is 66.3 Å². The van der Waals surface area contributed by atoms with Crippen LogP contribution in [-0.4, -0.2) is 24.3 Å². The number of carbonyl (C=O) groups excluding carboxylic acids is 1. The van der Waals surface area contributed by atoms with Gasteiger partial charge in [-0.1, -0.05) is 13.0 Å². The average molecular weight is 337 g/mol. The smallest absolute Gasteiger partial charge is 0.337 e. The van der Waals surface area contributed by atoms with E-state index in [4.69, 9.17) is 4.74 Å². The Balaban J connectivity index is 1.52. The number of benzene rings is 2. The highest BCUT2D eigenvalue weighted by Crippen LogP contribution is 2.19. The minimum atomic E-state index is -0.336. The van der Waals surface area contributed by atoms with Gasteiger partial charge in [0.2, 0.25) is 0 Å².